The number of nitrogens with zero attached hydrogens (tertiary/aromatic N) is 1. The van der Waals surface area contributed by atoms with Gasteiger partial charge in [0.1, 0.15) is 6.17 Å². The van der Waals surface area contributed by atoms with Gasteiger partial charge in [-0.15, -0.1) is 0 Å². The number of nitriles is 1. The van der Waals surface area contributed by atoms with Crippen molar-refractivity contribution in [3.8, 4) is 6.07 Å². The van der Waals surface area contributed by atoms with Crippen LogP contribution in [0.5, 0.6) is 0 Å². The summed E-state index contributed by atoms with van der Waals surface area (Å²) in [5.41, 5.74) is 0. The zero-order valence-corrected chi connectivity index (χ0v) is 6.44. The molecule has 1 atom stereocenters. The highest BCUT2D eigenvalue weighted by Gasteiger charge is 2.02. The van der Waals surface area contributed by atoms with Crippen LogP contribution in [0, 0.1) is 11.3 Å². The molecule has 0 aromatic rings. The van der Waals surface area contributed by atoms with E-state index in [0.29, 0.717) is 25.7 Å². The van der Waals surface area contributed by atoms with E-state index in [1.807, 2.05) is 13.0 Å². The van der Waals surface area contributed by atoms with Crippen LogP contribution in [0.1, 0.15) is 39.0 Å². The highest BCUT2D eigenvalue weighted by molar-refractivity contribution is 4.69. The summed E-state index contributed by atoms with van der Waals surface area (Å²) in [6.45, 7) is 1.97. The highest BCUT2D eigenvalue weighted by Crippen LogP contribution is 2.09. The third kappa shape index (κ3) is 5.55. The van der Waals surface area contributed by atoms with E-state index in [1.54, 1.807) is 0 Å². The average molecular weight is 143 g/mol. The number of halogens is 1. The van der Waals surface area contributed by atoms with E-state index in [1.165, 1.54) is 0 Å². The SMILES string of the molecule is CCCC(F)CCCC#N. The van der Waals surface area contributed by atoms with Gasteiger partial charge in [-0.25, -0.2) is 4.39 Å². The minimum absolute atomic E-state index is 0.490. The van der Waals surface area contributed by atoms with Crippen LogP contribution >= 0.6 is 0 Å². The fourth-order valence-corrected chi connectivity index (χ4v) is 0.860. The van der Waals surface area contributed by atoms with Gasteiger partial charge in [0.05, 0.1) is 6.07 Å². The number of alkyl halides is 1. The van der Waals surface area contributed by atoms with E-state index >= 15 is 0 Å². The first kappa shape index (κ1) is 9.42. The maximum atomic E-state index is 12.6. The van der Waals surface area contributed by atoms with Crippen molar-refractivity contribution in [1.82, 2.24) is 0 Å². The van der Waals surface area contributed by atoms with Gasteiger partial charge >= 0.3 is 0 Å². The summed E-state index contributed by atoms with van der Waals surface area (Å²) in [5.74, 6) is 0. The molecule has 0 spiro atoms. The second-order valence-electron chi connectivity index (χ2n) is 2.44. The van der Waals surface area contributed by atoms with Gasteiger partial charge in [-0.05, 0) is 19.3 Å². The van der Waals surface area contributed by atoms with Gasteiger partial charge in [-0.2, -0.15) is 5.26 Å². The number of unbranched alkanes of at least 4 members (excludes halogenated alkanes) is 1. The second-order valence-corrected chi connectivity index (χ2v) is 2.44. The minimum Gasteiger partial charge on any atom is -0.247 e. The zero-order valence-electron chi connectivity index (χ0n) is 6.44. The molecule has 1 nitrogen and oxygen atoms in total. The molecule has 0 saturated carbocycles. The second kappa shape index (κ2) is 6.54. The Morgan fingerprint density at radius 2 is 2.20 bits per heavy atom. The average Bonchev–Trinajstić information content (AvgIpc) is 1.89. The summed E-state index contributed by atoms with van der Waals surface area (Å²) in [7, 11) is 0. The maximum absolute atomic E-state index is 12.6. The van der Waals surface area contributed by atoms with Crippen molar-refractivity contribution in [3.05, 3.63) is 0 Å². The Morgan fingerprint density at radius 1 is 1.50 bits per heavy atom. The molecule has 0 aliphatic heterocycles. The quantitative estimate of drug-likeness (QED) is 0.543. The number of rotatable bonds is 5. The van der Waals surface area contributed by atoms with Gasteiger partial charge in [0.25, 0.3) is 0 Å². The lowest BCUT2D eigenvalue weighted by molar-refractivity contribution is 0.289. The number of hydrogen-bond donors (Lipinski definition) is 0. The van der Waals surface area contributed by atoms with Gasteiger partial charge in [-0.1, -0.05) is 13.3 Å². The molecule has 0 heterocycles. The van der Waals surface area contributed by atoms with Crippen molar-refractivity contribution >= 4 is 0 Å². The van der Waals surface area contributed by atoms with Crippen molar-refractivity contribution < 1.29 is 4.39 Å². The topological polar surface area (TPSA) is 23.8 Å². The fourth-order valence-electron chi connectivity index (χ4n) is 0.860. The smallest absolute Gasteiger partial charge is 0.100 e. The molecule has 2 heteroatoms. The number of hydrogen-bond acceptors (Lipinski definition) is 1. The molecular formula is C8H14FN. The molecule has 0 aliphatic rings. The van der Waals surface area contributed by atoms with Crippen molar-refractivity contribution in [3.63, 3.8) is 0 Å². The predicted octanol–water partition coefficient (Wildman–Crippen LogP) is 2.82. The van der Waals surface area contributed by atoms with E-state index in [9.17, 15) is 4.39 Å². The molecular weight excluding hydrogens is 129 g/mol. The Bertz CT molecular complexity index is 106. The summed E-state index contributed by atoms with van der Waals surface area (Å²) in [6.07, 6.45) is 2.61. The van der Waals surface area contributed by atoms with E-state index in [2.05, 4.69) is 0 Å². The van der Waals surface area contributed by atoms with E-state index in [-0.39, 0.29) is 0 Å². The Balaban J connectivity index is 3.06. The minimum atomic E-state index is -0.682. The van der Waals surface area contributed by atoms with Gasteiger partial charge in [-0.3, -0.25) is 0 Å². The molecule has 0 amide bonds. The van der Waals surface area contributed by atoms with Crippen LogP contribution in [0.25, 0.3) is 0 Å². The Hall–Kier alpha value is -0.580. The molecule has 0 radical (unpaired) electrons. The highest BCUT2D eigenvalue weighted by atomic mass is 19.1. The van der Waals surface area contributed by atoms with E-state index in [4.69, 9.17) is 5.26 Å². The Kier molecular flexibility index (Phi) is 6.16. The van der Waals surface area contributed by atoms with Crippen molar-refractivity contribution in [2.45, 2.75) is 45.2 Å². The molecule has 0 aromatic carbocycles. The molecule has 1 unspecified atom stereocenters. The fraction of sp³-hybridized carbons (Fsp3) is 0.875. The first-order valence-corrected chi connectivity index (χ1v) is 3.82. The van der Waals surface area contributed by atoms with Crippen LogP contribution in [0.3, 0.4) is 0 Å². The first-order chi connectivity index (χ1) is 4.81. The van der Waals surface area contributed by atoms with Crippen LogP contribution in [-0.4, -0.2) is 6.17 Å². The van der Waals surface area contributed by atoms with Gasteiger partial charge in [0.2, 0.25) is 0 Å². The van der Waals surface area contributed by atoms with Gasteiger partial charge in [0, 0.05) is 6.42 Å². The maximum Gasteiger partial charge on any atom is 0.100 e. The van der Waals surface area contributed by atoms with Crippen molar-refractivity contribution in [2.75, 3.05) is 0 Å². The van der Waals surface area contributed by atoms with Crippen LogP contribution in [0.2, 0.25) is 0 Å². The van der Waals surface area contributed by atoms with Crippen molar-refractivity contribution in [2.24, 2.45) is 0 Å². The summed E-state index contributed by atoms with van der Waals surface area (Å²) in [6, 6.07) is 2.00. The largest absolute Gasteiger partial charge is 0.247 e. The van der Waals surface area contributed by atoms with Crippen molar-refractivity contribution in [1.29, 1.82) is 5.26 Å². The van der Waals surface area contributed by atoms with E-state index < -0.39 is 6.17 Å². The molecule has 0 bridgehead atoms. The van der Waals surface area contributed by atoms with Crippen LogP contribution < -0.4 is 0 Å². The monoisotopic (exact) mass is 143 g/mol. The van der Waals surface area contributed by atoms with Gasteiger partial charge in [0.15, 0.2) is 0 Å². The third-order valence-electron chi connectivity index (χ3n) is 1.41. The van der Waals surface area contributed by atoms with Gasteiger partial charge < -0.3 is 0 Å². The molecule has 0 aliphatic carbocycles. The Labute approximate surface area is 61.9 Å². The molecule has 0 N–H and O–H groups in total. The molecule has 0 aromatic heterocycles. The lowest BCUT2D eigenvalue weighted by Gasteiger charge is -2.02. The zero-order chi connectivity index (χ0) is 7.82. The third-order valence-corrected chi connectivity index (χ3v) is 1.41. The molecule has 58 valence electrons. The lowest BCUT2D eigenvalue weighted by Crippen LogP contribution is -1.97. The lowest BCUT2D eigenvalue weighted by atomic mass is 10.1. The molecule has 10 heavy (non-hydrogen) atoms. The van der Waals surface area contributed by atoms with Crippen LogP contribution in [0.15, 0.2) is 0 Å². The van der Waals surface area contributed by atoms with E-state index in [0.717, 1.165) is 6.42 Å². The molecule has 0 rings (SSSR count). The first-order valence-electron chi connectivity index (χ1n) is 3.82. The summed E-state index contributed by atoms with van der Waals surface area (Å²) in [5, 5.41) is 8.14. The standard InChI is InChI=1S/C8H14FN/c1-2-5-8(9)6-3-4-7-10/h8H,2-6H2,1H3. The molecule has 0 fully saturated rings. The summed E-state index contributed by atoms with van der Waals surface area (Å²) < 4.78 is 12.6. The normalized spacial score (nSPS) is 12.5. The van der Waals surface area contributed by atoms with Crippen LogP contribution in [0.4, 0.5) is 4.39 Å². The summed E-state index contributed by atoms with van der Waals surface area (Å²) in [4.78, 5) is 0. The summed E-state index contributed by atoms with van der Waals surface area (Å²) >= 11 is 0. The molecule has 0 saturated heterocycles. The Morgan fingerprint density at radius 3 is 2.70 bits per heavy atom. The predicted molar refractivity (Wildman–Crippen MR) is 39.3 cm³/mol. The van der Waals surface area contributed by atoms with Crippen LogP contribution in [-0.2, 0) is 0 Å².